The molecule has 0 aromatic heterocycles. The molecular weight excluding hydrogens is 148 g/mol. The Morgan fingerprint density at radius 1 is 1.45 bits per heavy atom. The summed E-state index contributed by atoms with van der Waals surface area (Å²) in [5, 5.41) is 0. The third kappa shape index (κ3) is 2.14. The van der Waals surface area contributed by atoms with Crippen LogP contribution >= 0.6 is 0 Å². The van der Waals surface area contributed by atoms with E-state index >= 15 is 0 Å². The Kier molecular flexibility index (Phi) is 3.44. The minimum atomic E-state index is -1.29. The second kappa shape index (κ2) is 3.66. The average Bonchev–Trinajstić information content (AvgIpc) is 1.89. The van der Waals surface area contributed by atoms with Gasteiger partial charge in [0.2, 0.25) is 5.91 Å². The van der Waals surface area contributed by atoms with Crippen LogP contribution in [0.15, 0.2) is 0 Å². The summed E-state index contributed by atoms with van der Waals surface area (Å²) in [7, 11) is 2.78. The highest BCUT2D eigenvalue weighted by atomic mass is 16.7. The molecule has 5 heteroatoms. The van der Waals surface area contributed by atoms with Gasteiger partial charge in [-0.2, -0.15) is 0 Å². The van der Waals surface area contributed by atoms with Crippen molar-refractivity contribution >= 4 is 5.91 Å². The number of primary amides is 1. The van der Waals surface area contributed by atoms with E-state index in [1.807, 2.05) is 0 Å². The van der Waals surface area contributed by atoms with Gasteiger partial charge in [0, 0.05) is 14.2 Å². The Morgan fingerprint density at radius 2 is 1.82 bits per heavy atom. The van der Waals surface area contributed by atoms with Crippen LogP contribution in [0.25, 0.3) is 0 Å². The van der Waals surface area contributed by atoms with E-state index in [0.29, 0.717) is 0 Å². The third-order valence-corrected chi connectivity index (χ3v) is 1.45. The van der Waals surface area contributed by atoms with Crippen LogP contribution in [0.5, 0.6) is 0 Å². The standard InChI is InChI=1S/C6H14N2O3/c1-6(8,4(7)9)5(10-2)11-3/h5H,8H2,1-3H3,(H2,7,9). The summed E-state index contributed by atoms with van der Waals surface area (Å²) in [6.45, 7) is 1.45. The molecule has 1 atom stereocenters. The minimum absolute atomic E-state index is 0.661. The van der Waals surface area contributed by atoms with E-state index in [1.165, 1.54) is 21.1 Å². The average molecular weight is 162 g/mol. The van der Waals surface area contributed by atoms with Crippen molar-refractivity contribution < 1.29 is 14.3 Å². The SMILES string of the molecule is COC(OC)C(C)(N)C(N)=O. The molecule has 0 saturated carbocycles. The lowest BCUT2D eigenvalue weighted by Crippen LogP contribution is -2.59. The third-order valence-electron chi connectivity index (χ3n) is 1.45. The van der Waals surface area contributed by atoms with Gasteiger partial charge in [-0.05, 0) is 6.92 Å². The van der Waals surface area contributed by atoms with Gasteiger partial charge in [0.05, 0.1) is 0 Å². The van der Waals surface area contributed by atoms with Crippen LogP contribution in [0.3, 0.4) is 0 Å². The molecule has 0 fully saturated rings. The molecule has 0 spiro atoms. The lowest BCUT2D eigenvalue weighted by atomic mass is 10.0. The number of amides is 1. The second-order valence-corrected chi connectivity index (χ2v) is 2.45. The van der Waals surface area contributed by atoms with Crippen molar-refractivity contribution in [3.8, 4) is 0 Å². The van der Waals surface area contributed by atoms with Crippen molar-refractivity contribution in [1.82, 2.24) is 0 Å². The predicted octanol–water partition coefficient (Wildman–Crippen LogP) is -1.19. The molecule has 0 bridgehead atoms. The lowest BCUT2D eigenvalue weighted by molar-refractivity contribution is -0.159. The zero-order valence-corrected chi connectivity index (χ0v) is 6.96. The summed E-state index contributed by atoms with van der Waals surface area (Å²) in [5.41, 5.74) is 9.21. The fraction of sp³-hybridized carbons (Fsp3) is 0.833. The summed E-state index contributed by atoms with van der Waals surface area (Å²) in [4.78, 5) is 10.7. The fourth-order valence-electron chi connectivity index (χ4n) is 0.702. The molecule has 0 rings (SSSR count). The summed E-state index contributed by atoms with van der Waals surface area (Å²) < 4.78 is 9.56. The Bertz CT molecular complexity index is 143. The first-order valence-corrected chi connectivity index (χ1v) is 3.11. The maximum Gasteiger partial charge on any atom is 0.242 e. The first kappa shape index (κ1) is 10.3. The zero-order chi connectivity index (χ0) is 9.07. The maximum atomic E-state index is 10.7. The topological polar surface area (TPSA) is 87.6 Å². The van der Waals surface area contributed by atoms with E-state index in [-0.39, 0.29) is 0 Å². The number of hydrogen-bond donors (Lipinski definition) is 2. The van der Waals surface area contributed by atoms with Gasteiger partial charge >= 0.3 is 0 Å². The maximum absolute atomic E-state index is 10.7. The fourth-order valence-corrected chi connectivity index (χ4v) is 0.702. The van der Waals surface area contributed by atoms with Gasteiger partial charge in [0.25, 0.3) is 0 Å². The molecule has 4 N–H and O–H groups in total. The molecule has 0 heterocycles. The molecular formula is C6H14N2O3. The van der Waals surface area contributed by atoms with Crippen molar-refractivity contribution in [3.63, 3.8) is 0 Å². The summed E-state index contributed by atoms with van der Waals surface area (Å²) in [6, 6.07) is 0. The molecule has 0 aliphatic carbocycles. The van der Waals surface area contributed by atoms with Gasteiger partial charge in [-0.3, -0.25) is 4.79 Å². The number of ether oxygens (including phenoxy) is 2. The van der Waals surface area contributed by atoms with Gasteiger partial charge in [-0.15, -0.1) is 0 Å². The van der Waals surface area contributed by atoms with Crippen molar-refractivity contribution in [1.29, 1.82) is 0 Å². The van der Waals surface area contributed by atoms with Crippen molar-refractivity contribution in [2.75, 3.05) is 14.2 Å². The molecule has 0 radical (unpaired) electrons. The van der Waals surface area contributed by atoms with E-state index in [1.54, 1.807) is 0 Å². The number of methoxy groups -OCH3 is 2. The summed E-state index contributed by atoms with van der Waals surface area (Å²) in [6.07, 6.45) is -0.806. The highest BCUT2D eigenvalue weighted by Crippen LogP contribution is 2.09. The van der Waals surface area contributed by atoms with Crippen LogP contribution in [0.1, 0.15) is 6.92 Å². The van der Waals surface area contributed by atoms with E-state index in [4.69, 9.17) is 20.9 Å². The summed E-state index contributed by atoms with van der Waals surface area (Å²) in [5.74, 6) is -0.661. The molecule has 0 saturated heterocycles. The van der Waals surface area contributed by atoms with Gasteiger partial charge in [-0.25, -0.2) is 0 Å². The minimum Gasteiger partial charge on any atom is -0.368 e. The molecule has 0 aromatic carbocycles. The molecule has 66 valence electrons. The smallest absolute Gasteiger partial charge is 0.242 e. The zero-order valence-electron chi connectivity index (χ0n) is 6.96. The molecule has 1 amide bonds. The van der Waals surface area contributed by atoms with E-state index in [0.717, 1.165) is 0 Å². The number of nitrogens with two attached hydrogens (primary N) is 2. The number of carbonyl (C=O) groups excluding carboxylic acids is 1. The normalized spacial score (nSPS) is 16.5. The molecule has 11 heavy (non-hydrogen) atoms. The van der Waals surface area contributed by atoms with Crippen molar-refractivity contribution in [3.05, 3.63) is 0 Å². The number of hydrogen-bond acceptors (Lipinski definition) is 4. The monoisotopic (exact) mass is 162 g/mol. The predicted molar refractivity (Wildman–Crippen MR) is 39.6 cm³/mol. The molecule has 0 aliphatic rings. The first-order chi connectivity index (χ1) is 4.96. The largest absolute Gasteiger partial charge is 0.368 e. The van der Waals surface area contributed by atoms with Crippen LogP contribution in [0.4, 0.5) is 0 Å². The van der Waals surface area contributed by atoms with Crippen LogP contribution in [0, 0.1) is 0 Å². The van der Waals surface area contributed by atoms with E-state index in [9.17, 15) is 4.79 Å². The Morgan fingerprint density at radius 3 is 1.91 bits per heavy atom. The molecule has 5 nitrogen and oxygen atoms in total. The van der Waals surface area contributed by atoms with Gasteiger partial charge < -0.3 is 20.9 Å². The van der Waals surface area contributed by atoms with Crippen molar-refractivity contribution in [2.45, 2.75) is 18.8 Å². The molecule has 0 aliphatic heterocycles. The Labute approximate surface area is 65.6 Å². The number of carbonyl (C=O) groups is 1. The van der Waals surface area contributed by atoms with Crippen LogP contribution in [-0.4, -0.2) is 32.0 Å². The highest BCUT2D eigenvalue weighted by molar-refractivity contribution is 5.84. The Hall–Kier alpha value is -0.650. The van der Waals surface area contributed by atoms with E-state index < -0.39 is 17.7 Å². The number of rotatable bonds is 4. The van der Waals surface area contributed by atoms with Crippen molar-refractivity contribution in [2.24, 2.45) is 11.5 Å². The Balaban J connectivity index is 4.36. The molecule has 1 unspecified atom stereocenters. The van der Waals surface area contributed by atoms with E-state index in [2.05, 4.69) is 0 Å². The first-order valence-electron chi connectivity index (χ1n) is 3.11. The van der Waals surface area contributed by atoms with Gasteiger partial charge in [0.15, 0.2) is 6.29 Å². The second-order valence-electron chi connectivity index (χ2n) is 2.45. The van der Waals surface area contributed by atoms with Gasteiger partial charge in [-0.1, -0.05) is 0 Å². The quantitative estimate of drug-likeness (QED) is 0.509. The summed E-state index contributed by atoms with van der Waals surface area (Å²) >= 11 is 0. The molecule has 0 aromatic rings. The lowest BCUT2D eigenvalue weighted by Gasteiger charge is -2.28. The van der Waals surface area contributed by atoms with Crippen LogP contribution in [-0.2, 0) is 14.3 Å². The van der Waals surface area contributed by atoms with Crippen LogP contribution < -0.4 is 11.5 Å². The van der Waals surface area contributed by atoms with Crippen LogP contribution in [0.2, 0.25) is 0 Å². The van der Waals surface area contributed by atoms with Gasteiger partial charge in [0.1, 0.15) is 5.54 Å². The highest BCUT2D eigenvalue weighted by Gasteiger charge is 2.36.